The summed E-state index contributed by atoms with van der Waals surface area (Å²) in [5.74, 6) is -2.03. The summed E-state index contributed by atoms with van der Waals surface area (Å²) in [6.07, 6.45) is 0.193. The van der Waals surface area contributed by atoms with Gasteiger partial charge in [0.05, 0.1) is 0 Å². The summed E-state index contributed by atoms with van der Waals surface area (Å²) in [4.78, 5) is 10.0. The number of aliphatic carboxylic acids is 1. The second-order valence-corrected chi connectivity index (χ2v) is 1.91. The maximum atomic E-state index is 10.0. The lowest BCUT2D eigenvalue weighted by molar-refractivity contribution is -0.135. The molecule has 0 aromatic heterocycles. The largest absolute Gasteiger partial charge is 0.502 e. The maximum absolute atomic E-state index is 10.0. The Morgan fingerprint density at radius 1 is 1.40 bits per heavy atom. The average Bonchev–Trinajstić information content (AvgIpc) is 1.87. The number of carboxylic acid groups (broad SMARTS) is 1. The van der Waals surface area contributed by atoms with Crippen molar-refractivity contribution in [2.24, 2.45) is 0 Å². The van der Waals surface area contributed by atoms with Crippen molar-refractivity contribution in [2.45, 2.75) is 13.3 Å². The number of carboxylic acids is 1. The van der Waals surface area contributed by atoms with Crippen molar-refractivity contribution in [3.05, 3.63) is 11.3 Å². The Balaban J connectivity index is 4.19. The predicted molar refractivity (Wildman–Crippen MR) is 34.7 cm³/mol. The SMILES string of the molecule is CC(CCO)=C(O)C(=O)O. The van der Waals surface area contributed by atoms with Crippen LogP contribution in [0.1, 0.15) is 13.3 Å². The first-order chi connectivity index (χ1) is 4.59. The highest BCUT2D eigenvalue weighted by molar-refractivity contribution is 5.84. The summed E-state index contributed by atoms with van der Waals surface area (Å²) in [6.45, 7) is 1.31. The Bertz CT molecular complexity index is 159. The third kappa shape index (κ3) is 2.50. The average molecular weight is 146 g/mol. The lowest BCUT2D eigenvalue weighted by atomic mass is 10.2. The van der Waals surface area contributed by atoms with Gasteiger partial charge in [0.1, 0.15) is 0 Å². The van der Waals surface area contributed by atoms with Crippen LogP contribution in [0.2, 0.25) is 0 Å². The molecule has 0 spiro atoms. The first-order valence-electron chi connectivity index (χ1n) is 2.82. The number of hydrogen-bond donors (Lipinski definition) is 3. The molecule has 0 aliphatic heterocycles. The quantitative estimate of drug-likeness (QED) is 0.395. The second-order valence-electron chi connectivity index (χ2n) is 1.91. The van der Waals surface area contributed by atoms with Crippen LogP contribution in [0.3, 0.4) is 0 Å². The number of carbonyl (C=O) groups is 1. The van der Waals surface area contributed by atoms with Crippen LogP contribution < -0.4 is 0 Å². The Hall–Kier alpha value is -1.03. The normalized spacial score (nSPS) is 12.6. The minimum atomic E-state index is -1.36. The molecule has 0 bridgehead atoms. The van der Waals surface area contributed by atoms with E-state index in [1.165, 1.54) is 6.92 Å². The zero-order valence-electron chi connectivity index (χ0n) is 5.66. The van der Waals surface area contributed by atoms with Crippen LogP contribution in [0.5, 0.6) is 0 Å². The fourth-order valence-electron chi connectivity index (χ4n) is 0.469. The van der Waals surface area contributed by atoms with Crippen LogP contribution in [0.15, 0.2) is 11.3 Å². The molecular weight excluding hydrogens is 136 g/mol. The molecule has 0 fully saturated rings. The van der Waals surface area contributed by atoms with Crippen LogP contribution >= 0.6 is 0 Å². The summed E-state index contributed by atoms with van der Waals surface area (Å²) in [7, 11) is 0. The minimum absolute atomic E-state index is 0.150. The lowest BCUT2D eigenvalue weighted by Gasteiger charge is -1.98. The van der Waals surface area contributed by atoms with Gasteiger partial charge in [-0.2, -0.15) is 0 Å². The topological polar surface area (TPSA) is 77.8 Å². The van der Waals surface area contributed by atoms with Gasteiger partial charge in [-0.15, -0.1) is 0 Å². The van der Waals surface area contributed by atoms with Crippen molar-refractivity contribution in [1.82, 2.24) is 0 Å². The van der Waals surface area contributed by atoms with Crippen molar-refractivity contribution >= 4 is 5.97 Å². The predicted octanol–water partition coefficient (Wildman–Crippen LogP) is 0.285. The molecule has 3 N–H and O–H groups in total. The third-order valence-electron chi connectivity index (χ3n) is 1.09. The fraction of sp³-hybridized carbons (Fsp3) is 0.500. The van der Waals surface area contributed by atoms with Crippen LogP contribution in [0.4, 0.5) is 0 Å². The molecule has 0 aliphatic rings. The van der Waals surface area contributed by atoms with E-state index in [-0.39, 0.29) is 18.6 Å². The van der Waals surface area contributed by atoms with Gasteiger partial charge in [0.15, 0.2) is 0 Å². The van der Waals surface area contributed by atoms with E-state index in [0.717, 1.165) is 0 Å². The molecule has 0 unspecified atom stereocenters. The Morgan fingerprint density at radius 2 is 1.90 bits per heavy atom. The Kier molecular flexibility index (Phi) is 3.49. The Labute approximate surface area is 58.4 Å². The van der Waals surface area contributed by atoms with Gasteiger partial charge in [0.25, 0.3) is 0 Å². The molecule has 0 saturated carbocycles. The standard InChI is InChI=1S/C6H10O4/c1-4(2-3-7)5(8)6(9)10/h7-8H,2-3H2,1H3,(H,9,10). The molecule has 0 heterocycles. The highest BCUT2D eigenvalue weighted by Gasteiger charge is 2.07. The molecule has 0 aliphatic carbocycles. The zero-order valence-corrected chi connectivity index (χ0v) is 5.66. The van der Waals surface area contributed by atoms with Crippen molar-refractivity contribution in [3.63, 3.8) is 0 Å². The second kappa shape index (κ2) is 3.90. The van der Waals surface area contributed by atoms with Crippen molar-refractivity contribution in [3.8, 4) is 0 Å². The van der Waals surface area contributed by atoms with Gasteiger partial charge in [-0.3, -0.25) is 0 Å². The van der Waals surface area contributed by atoms with Gasteiger partial charge in [-0.05, 0) is 18.9 Å². The van der Waals surface area contributed by atoms with E-state index in [4.69, 9.17) is 15.3 Å². The van der Waals surface area contributed by atoms with Crippen LogP contribution in [0, 0.1) is 0 Å². The van der Waals surface area contributed by atoms with E-state index in [2.05, 4.69) is 0 Å². The highest BCUT2D eigenvalue weighted by atomic mass is 16.4. The van der Waals surface area contributed by atoms with Gasteiger partial charge in [-0.1, -0.05) is 0 Å². The maximum Gasteiger partial charge on any atom is 0.370 e. The van der Waals surface area contributed by atoms with E-state index >= 15 is 0 Å². The van der Waals surface area contributed by atoms with E-state index in [9.17, 15) is 4.79 Å². The molecule has 10 heavy (non-hydrogen) atoms. The molecule has 58 valence electrons. The van der Waals surface area contributed by atoms with E-state index in [1.54, 1.807) is 0 Å². The molecule has 0 radical (unpaired) electrons. The molecule has 4 nitrogen and oxygen atoms in total. The molecule has 0 saturated heterocycles. The highest BCUT2D eigenvalue weighted by Crippen LogP contribution is 2.04. The number of aliphatic hydroxyl groups excluding tert-OH is 2. The van der Waals surface area contributed by atoms with Crippen molar-refractivity contribution < 1.29 is 20.1 Å². The van der Waals surface area contributed by atoms with Crippen LogP contribution in [-0.2, 0) is 4.79 Å². The fourth-order valence-corrected chi connectivity index (χ4v) is 0.469. The molecule has 0 aromatic rings. The van der Waals surface area contributed by atoms with E-state index in [0.29, 0.717) is 0 Å². The molecule has 0 atom stereocenters. The summed E-state index contributed by atoms with van der Waals surface area (Å²) in [6, 6.07) is 0. The molecular formula is C6H10O4. The van der Waals surface area contributed by atoms with E-state index in [1.807, 2.05) is 0 Å². The van der Waals surface area contributed by atoms with Crippen molar-refractivity contribution in [1.29, 1.82) is 0 Å². The van der Waals surface area contributed by atoms with Crippen LogP contribution in [0.25, 0.3) is 0 Å². The lowest BCUT2D eigenvalue weighted by Crippen LogP contribution is -2.03. The van der Waals surface area contributed by atoms with Gasteiger partial charge in [0, 0.05) is 6.61 Å². The molecule has 0 aromatic carbocycles. The monoisotopic (exact) mass is 146 g/mol. The van der Waals surface area contributed by atoms with Gasteiger partial charge in [-0.25, -0.2) is 4.79 Å². The Morgan fingerprint density at radius 3 is 2.20 bits per heavy atom. The summed E-state index contributed by atoms with van der Waals surface area (Å²) in [5.41, 5.74) is 0.287. The van der Waals surface area contributed by atoms with Crippen molar-refractivity contribution in [2.75, 3.05) is 6.61 Å². The van der Waals surface area contributed by atoms with Gasteiger partial charge < -0.3 is 15.3 Å². The van der Waals surface area contributed by atoms with Gasteiger partial charge >= 0.3 is 5.97 Å². The first-order valence-corrected chi connectivity index (χ1v) is 2.82. The summed E-state index contributed by atoms with van der Waals surface area (Å²) < 4.78 is 0. The summed E-state index contributed by atoms with van der Waals surface area (Å²) in [5, 5.41) is 25.2. The summed E-state index contributed by atoms with van der Waals surface area (Å²) >= 11 is 0. The zero-order chi connectivity index (χ0) is 8.15. The van der Waals surface area contributed by atoms with Gasteiger partial charge in [0.2, 0.25) is 5.76 Å². The third-order valence-corrected chi connectivity index (χ3v) is 1.09. The molecule has 0 rings (SSSR count). The number of hydrogen-bond acceptors (Lipinski definition) is 3. The number of rotatable bonds is 3. The smallest absolute Gasteiger partial charge is 0.370 e. The molecule has 4 heteroatoms. The number of aliphatic hydroxyl groups is 2. The van der Waals surface area contributed by atoms with E-state index < -0.39 is 11.7 Å². The minimum Gasteiger partial charge on any atom is -0.502 e. The first kappa shape index (κ1) is 8.97. The molecule has 0 amide bonds. The van der Waals surface area contributed by atoms with Crippen LogP contribution in [-0.4, -0.2) is 27.9 Å².